The molecule has 1 unspecified atom stereocenters. The zero-order valence-electron chi connectivity index (χ0n) is 3.39. The minimum atomic E-state index is 0.384. The summed E-state index contributed by atoms with van der Waals surface area (Å²) in [5.74, 6) is 0. The Morgan fingerprint density at radius 3 is 2.00 bits per heavy atom. The quantitative estimate of drug-likeness (QED) is 0.493. The second-order valence-corrected chi connectivity index (χ2v) is 2.99. The molecule has 1 atom stereocenters. The van der Waals surface area contributed by atoms with Crippen LogP contribution in [0.25, 0.3) is 0 Å². The van der Waals surface area contributed by atoms with E-state index in [9.17, 15) is 0 Å². The molecular weight excluding hydrogens is 100 g/mol. The summed E-state index contributed by atoms with van der Waals surface area (Å²) < 4.78 is 0.384. The van der Waals surface area contributed by atoms with E-state index in [1.54, 1.807) is 11.8 Å². The summed E-state index contributed by atoms with van der Waals surface area (Å²) in [6.07, 6.45) is 2.01. The SMILES string of the molecule is CSC(C)[S]. The van der Waals surface area contributed by atoms with Crippen molar-refractivity contribution < 1.29 is 0 Å². The van der Waals surface area contributed by atoms with E-state index in [0.29, 0.717) is 4.58 Å². The molecule has 0 saturated carbocycles. The Morgan fingerprint density at radius 2 is 2.00 bits per heavy atom. The normalized spacial score (nSPS) is 15.0. The summed E-state index contributed by atoms with van der Waals surface area (Å²) in [4.78, 5) is 0. The molecule has 0 bridgehead atoms. The predicted octanol–water partition coefficient (Wildman–Crippen LogP) is 1.89. The van der Waals surface area contributed by atoms with Crippen molar-refractivity contribution in [2.24, 2.45) is 0 Å². The lowest BCUT2D eigenvalue weighted by atomic mass is 11.0. The van der Waals surface area contributed by atoms with Crippen LogP contribution >= 0.6 is 24.4 Å². The number of hydrogen-bond donors (Lipinski definition) is 0. The van der Waals surface area contributed by atoms with Gasteiger partial charge in [0.1, 0.15) is 0 Å². The van der Waals surface area contributed by atoms with Gasteiger partial charge < -0.3 is 0 Å². The fourth-order valence-corrected chi connectivity index (χ4v) is 0. The van der Waals surface area contributed by atoms with Crippen LogP contribution in [0.5, 0.6) is 0 Å². The summed E-state index contributed by atoms with van der Waals surface area (Å²) in [6, 6.07) is 0. The molecule has 5 heavy (non-hydrogen) atoms. The van der Waals surface area contributed by atoms with Gasteiger partial charge in [0.25, 0.3) is 0 Å². The number of rotatable bonds is 1. The van der Waals surface area contributed by atoms with Crippen LogP contribution in [0.3, 0.4) is 0 Å². The minimum absolute atomic E-state index is 0.384. The first-order valence-corrected chi connectivity index (χ1v) is 3.22. The Bertz CT molecular complexity index is 18.9. The molecule has 2 heteroatoms. The second-order valence-electron chi connectivity index (χ2n) is 0.803. The van der Waals surface area contributed by atoms with Crippen LogP contribution < -0.4 is 0 Å². The molecule has 0 spiro atoms. The molecule has 0 aromatic rings. The van der Waals surface area contributed by atoms with Crippen molar-refractivity contribution in [3.05, 3.63) is 0 Å². The van der Waals surface area contributed by atoms with Gasteiger partial charge in [-0.05, 0) is 13.2 Å². The first kappa shape index (κ1) is 5.70. The number of thioether (sulfide) groups is 1. The molecule has 0 aromatic carbocycles. The molecular formula is C3H7S2. The highest BCUT2D eigenvalue weighted by molar-refractivity contribution is 8.09. The third kappa shape index (κ3) is 4.70. The highest BCUT2D eigenvalue weighted by atomic mass is 32.2. The van der Waals surface area contributed by atoms with Crippen LogP contribution in [0, 0.1) is 0 Å². The molecule has 0 amide bonds. The van der Waals surface area contributed by atoms with E-state index in [4.69, 9.17) is 12.6 Å². The molecule has 0 heterocycles. The van der Waals surface area contributed by atoms with Crippen molar-refractivity contribution in [1.29, 1.82) is 0 Å². The summed E-state index contributed by atoms with van der Waals surface area (Å²) in [5, 5.41) is 0. The third-order valence-corrected chi connectivity index (χ3v) is 1.57. The van der Waals surface area contributed by atoms with Gasteiger partial charge in [0.2, 0.25) is 0 Å². The average Bonchev–Trinajstić information content (AvgIpc) is 1.38. The smallest absolute Gasteiger partial charge is 0.0575 e. The Balaban J connectivity index is 2.54. The molecule has 0 saturated heterocycles. The van der Waals surface area contributed by atoms with Crippen LogP contribution in [0.15, 0.2) is 0 Å². The van der Waals surface area contributed by atoms with Crippen LogP contribution in [0.2, 0.25) is 0 Å². The van der Waals surface area contributed by atoms with Gasteiger partial charge in [-0.1, -0.05) is 12.6 Å². The molecule has 0 N–H and O–H groups in total. The van der Waals surface area contributed by atoms with E-state index in [1.165, 1.54) is 0 Å². The maximum Gasteiger partial charge on any atom is 0.0575 e. The van der Waals surface area contributed by atoms with Gasteiger partial charge in [-0.15, -0.1) is 0 Å². The lowest BCUT2D eigenvalue weighted by molar-refractivity contribution is 1.44. The lowest BCUT2D eigenvalue weighted by Gasteiger charge is -1.88. The fourth-order valence-electron chi connectivity index (χ4n) is 0. The molecule has 0 aromatic heterocycles. The van der Waals surface area contributed by atoms with Gasteiger partial charge >= 0.3 is 0 Å². The van der Waals surface area contributed by atoms with Gasteiger partial charge in [-0.2, -0.15) is 11.8 Å². The highest BCUT2D eigenvalue weighted by Crippen LogP contribution is 2.06. The maximum absolute atomic E-state index is 4.74. The van der Waals surface area contributed by atoms with Crippen LogP contribution in [0.1, 0.15) is 6.92 Å². The summed E-state index contributed by atoms with van der Waals surface area (Å²) in [5.41, 5.74) is 0. The fraction of sp³-hybridized carbons (Fsp3) is 1.00. The topological polar surface area (TPSA) is 0 Å². The van der Waals surface area contributed by atoms with Gasteiger partial charge in [-0.25, -0.2) is 0 Å². The average molecular weight is 107 g/mol. The molecule has 1 radical (unpaired) electrons. The van der Waals surface area contributed by atoms with Crippen molar-refractivity contribution in [1.82, 2.24) is 0 Å². The molecule has 0 aliphatic rings. The summed E-state index contributed by atoms with van der Waals surface area (Å²) >= 11 is 6.44. The zero-order chi connectivity index (χ0) is 4.28. The van der Waals surface area contributed by atoms with E-state index in [1.807, 2.05) is 13.2 Å². The standard InChI is InChI=1S/C3H7S2/c1-3(4)5-2/h3H,1-2H3. The molecule has 0 rings (SSSR count). The van der Waals surface area contributed by atoms with Crippen LogP contribution in [0.4, 0.5) is 0 Å². The van der Waals surface area contributed by atoms with Crippen molar-refractivity contribution in [2.75, 3.05) is 6.26 Å². The molecule has 31 valence electrons. The lowest BCUT2D eigenvalue weighted by Crippen LogP contribution is -1.73. The maximum atomic E-state index is 4.74. The monoisotopic (exact) mass is 107 g/mol. The number of hydrogen-bond acceptors (Lipinski definition) is 1. The largest absolute Gasteiger partial charge is 0.150 e. The highest BCUT2D eigenvalue weighted by Gasteiger charge is 1.82. The van der Waals surface area contributed by atoms with E-state index >= 15 is 0 Å². The molecule has 0 nitrogen and oxygen atoms in total. The molecule has 0 aliphatic heterocycles. The van der Waals surface area contributed by atoms with E-state index in [2.05, 4.69) is 0 Å². The van der Waals surface area contributed by atoms with Crippen molar-refractivity contribution >= 4 is 24.4 Å². The molecule has 0 fully saturated rings. The van der Waals surface area contributed by atoms with Crippen molar-refractivity contribution in [3.63, 3.8) is 0 Å². The Kier molecular flexibility index (Phi) is 3.32. The van der Waals surface area contributed by atoms with Gasteiger partial charge in [0, 0.05) is 0 Å². The van der Waals surface area contributed by atoms with Crippen molar-refractivity contribution in [3.8, 4) is 0 Å². The van der Waals surface area contributed by atoms with Gasteiger partial charge in [-0.3, -0.25) is 0 Å². The Labute approximate surface area is 42.7 Å². The zero-order valence-corrected chi connectivity index (χ0v) is 5.03. The van der Waals surface area contributed by atoms with Crippen LogP contribution in [-0.4, -0.2) is 10.8 Å². The second kappa shape index (κ2) is 2.91. The predicted molar refractivity (Wildman–Crippen MR) is 30.6 cm³/mol. The van der Waals surface area contributed by atoms with E-state index in [0.717, 1.165) is 0 Å². The van der Waals surface area contributed by atoms with E-state index in [-0.39, 0.29) is 0 Å². The Morgan fingerprint density at radius 1 is 1.80 bits per heavy atom. The first-order valence-electron chi connectivity index (χ1n) is 1.46. The first-order chi connectivity index (χ1) is 2.27. The summed E-state index contributed by atoms with van der Waals surface area (Å²) in [6.45, 7) is 2.00. The van der Waals surface area contributed by atoms with Gasteiger partial charge in [0.15, 0.2) is 0 Å². The minimum Gasteiger partial charge on any atom is -0.150 e. The van der Waals surface area contributed by atoms with E-state index < -0.39 is 0 Å². The van der Waals surface area contributed by atoms with Gasteiger partial charge in [0.05, 0.1) is 4.58 Å². The summed E-state index contributed by atoms with van der Waals surface area (Å²) in [7, 11) is 0. The van der Waals surface area contributed by atoms with Crippen LogP contribution in [-0.2, 0) is 0 Å². The molecule has 0 aliphatic carbocycles. The third-order valence-electron chi connectivity index (χ3n) is 0.332. The van der Waals surface area contributed by atoms with Crippen molar-refractivity contribution in [2.45, 2.75) is 11.5 Å². The Hall–Kier alpha value is 0.700.